The van der Waals surface area contributed by atoms with Gasteiger partial charge in [0.1, 0.15) is 0 Å². The Morgan fingerprint density at radius 2 is 1.85 bits per heavy atom. The average molecular weight is 274 g/mol. The van der Waals surface area contributed by atoms with Crippen LogP contribution < -0.4 is 5.32 Å². The van der Waals surface area contributed by atoms with Crippen molar-refractivity contribution in [2.45, 2.75) is 52.6 Å². The molecule has 20 heavy (non-hydrogen) atoms. The Balaban J connectivity index is 2.08. The summed E-state index contributed by atoms with van der Waals surface area (Å²) in [6.07, 6.45) is 2.77. The van der Waals surface area contributed by atoms with Crippen LogP contribution in [0.15, 0.2) is 18.2 Å². The molecule has 0 heterocycles. The molecule has 1 aliphatic rings. The summed E-state index contributed by atoms with van der Waals surface area (Å²) in [5, 5.41) is 3.51. The zero-order valence-electron chi connectivity index (χ0n) is 13.7. The molecular formula is C18H30N2. The highest BCUT2D eigenvalue weighted by Gasteiger charge is 2.30. The lowest BCUT2D eigenvalue weighted by molar-refractivity contribution is 0.212. The third-order valence-corrected chi connectivity index (χ3v) is 4.36. The van der Waals surface area contributed by atoms with Crippen molar-refractivity contribution in [3.05, 3.63) is 34.9 Å². The highest BCUT2D eigenvalue weighted by atomic mass is 15.2. The van der Waals surface area contributed by atoms with E-state index in [1.54, 1.807) is 0 Å². The Hall–Kier alpha value is -0.860. The van der Waals surface area contributed by atoms with E-state index in [9.17, 15) is 0 Å². The van der Waals surface area contributed by atoms with Gasteiger partial charge in [-0.3, -0.25) is 4.90 Å². The van der Waals surface area contributed by atoms with E-state index in [4.69, 9.17) is 0 Å². The molecule has 1 saturated carbocycles. The molecule has 1 aliphatic carbocycles. The Kier molecular flexibility index (Phi) is 5.22. The van der Waals surface area contributed by atoms with Gasteiger partial charge in [0.2, 0.25) is 0 Å². The number of rotatable bonds is 7. The van der Waals surface area contributed by atoms with Crippen LogP contribution >= 0.6 is 0 Å². The molecule has 1 unspecified atom stereocenters. The Labute approximate surface area is 124 Å². The van der Waals surface area contributed by atoms with Crippen LogP contribution in [0, 0.1) is 19.8 Å². The second-order valence-corrected chi connectivity index (χ2v) is 6.76. The molecule has 1 aromatic carbocycles. The van der Waals surface area contributed by atoms with Crippen molar-refractivity contribution in [3.8, 4) is 0 Å². The average Bonchev–Trinajstić information content (AvgIpc) is 3.22. The fourth-order valence-electron chi connectivity index (χ4n) is 2.86. The molecule has 2 heteroatoms. The van der Waals surface area contributed by atoms with E-state index < -0.39 is 0 Å². The molecule has 2 nitrogen and oxygen atoms in total. The number of nitrogens with one attached hydrogen (secondary N) is 1. The van der Waals surface area contributed by atoms with Crippen molar-refractivity contribution >= 4 is 0 Å². The van der Waals surface area contributed by atoms with Crippen molar-refractivity contribution in [1.29, 1.82) is 0 Å². The van der Waals surface area contributed by atoms with Crippen LogP contribution in [0.3, 0.4) is 0 Å². The fourth-order valence-corrected chi connectivity index (χ4v) is 2.86. The maximum absolute atomic E-state index is 3.51. The van der Waals surface area contributed by atoms with Crippen molar-refractivity contribution < 1.29 is 0 Å². The molecular weight excluding hydrogens is 244 g/mol. The molecule has 0 aliphatic heterocycles. The standard InChI is InChI=1S/C18H30N2/c1-13(2)11-20(17-8-9-17)12-18(19-5)16-7-6-14(3)15(4)10-16/h6-7,10,13,17-19H,8-9,11-12H2,1-5H3. The van der Waals surface area contributed by atoms with Gasteiger partial charge in [0.05, 0.1) is 0 Å². The molecule has 0 spiro atoms. The minimum absolute atomic E-state index is 0.439. The van der Waals surface area contributed by atoms with Crippen LogP contribution in [0.5, 0.6) is 0 Å². The monoisotopic (exact) mass is 274 g/mol. The first-order valence-corrected chi connectivity index (χ1v) is 7.99. The van der Waals surface area contributed by atoms with E-state index in [2.05, 4.69) is 63.2 Å². The lowest BCUT2D eigenvalue weighted by Gasteiger charge is -2.29. The third kappa shape index (κ3) is 4.07. The summed E-state index contributed by atoms with van der Waals surface area (Å²) in [5.41, 5.74) is 4.19. The minimum atomic E-state index is 0.439. The lowest BCUT2D eigenvalue weighted by Crippen LogP contribution is -2.37. The van der Waals surface area contributed by atoms with Gasteiger partial charge in [-0.05, 0) is 56.3 Å². The molecule has 1 N–H and O–H groups in total. The summed E-state index contributed by atoms with van der Waals surface area (Å²) in [7, 11) is 2.08. The zero-order valence-corrected chi connectivity index (χ0v) is 13.7. The van der Waals surface area contributed by atoms with Crippen LogP contribution in [0.2, 0.25) is 0 Å². The first-order valence-electron chi connectivity index (χ1n) is 7.99. The molecule has 112 valence electrons. The van der Waals surface area contributed by atoms with E-state index in [0.717, 1.165) is 18.5 Å². The summed E-state index contributed by atoms with van der Waals surface area (Å²) < 4.78 is 0. The zero-order chi connectivity index (χ0) is 14.7. The fraction of sp³-hybridized carbons (Fsp3) is 0.667. The number of hydrogen-bond acceptors (Lipinski definition) is 2. The van der Waals surface area contributed by atoms with Crippen LogP contribution in [0.4, 0.5) is 0 Å². The number of nitrogens with zero attached hydrogens (tertiary/aromatic N) is 1. The van der Waals surface area contributed by atoms with Gasteiger partial charge in [0.25, 0.3) is 0 Å². The number of aryl methyl sites for hydroxylation is 2. The first kappa shape index (κ1) is 15.5. The van der Waals surface area contributed by atoms with E-state index in [-0.39, 0.29) is 0 Å². The van der Waals surface area contributed by atoms with Gasteiger partial charge in [0.15, 0.2) is 0 Å². The normalized spacial score (nSPS) is 16.9. The quantitative estimate of drug-likeness (QED) is 0.816. The summed E-state index contributed by atoms with van der Waals surface area (Å²) in [5.74, 6) is 0.743. The Bertz CT molecular complexity index is 435. The van der Waals surface area contributed by atoms with Gasteiger partial charge in [0, 0.05) is 25.2 Å². The Morgan fingerprint density at radius 1 is 1.15 bits per heavy atom. The third-order valence-electron chi connectivity index (χ3n) is 4.36. The molecule has 0 radical (unpaired) electrons. The van der Waals surface area contributed by atoms with E-state index in [0.29, 0.717) is 6.04 Å². The van der Waals surface area contributed by atoms with Crippen molar-refractivity contribution in [1.82, 2.24) is 10.2 Å². The smallest absolute Gasteiger partial charge is 0.0447 e. The highest BCUT2D eigenvalue weighted by Crippen LogP contribution is 2.29. The van der Waals surface area contributed by atoms with E-state index in [1.807, 2.05) is 0 Å². The molecule has 2 rings (SSSR count). The molecule has 1 fully saturated rings. The van der Waals surface area contributed by atoms with Gasteiger partial charge in [-0.25, -0.2) is 0 Å². The summed E-state index contributed by atoms with van der Waals surface area (Å²) in [4.78, 5) is 2.68. The molecule has 0 bridgehead atoms. The van der Waals surface area contributed by atoms with E-state index >= 15 is 0 Å². The van der Waals surface area contributed by atoms with Crippen molar-refractivity contribution in [2.75, 3.05) is 20.1 Å². The van der Waals surface area contributed by atoms with Crippen LogP contribution in [0.1, 0.15) is 49.4 Å². The molecule has 1 atom stereocenters. The molecule has 1 aromatic rings. The first-order chi connectivity index (χ1) is 9.51. The van der Waals surface area contributed by atoms with Gasteiger partial charge in [-0.1, -0.05) is 32.0 Å². The molecule has 0 saturated heterocycles. The minimum Gasteiger partial charge on any atom is -0.312 e. The molecule has 0 amide bonds. The van der Waals surface area contributed by atoms with Gasteiger partial charge in [-0.2, -0.15) is 0 Å². The number of likely N-dealkylation sites (N-methyl/N-ethyl adjacent to an activating group) is 1. The van der Waals surface area contributed by atoms with Crippen molar-refractivity contribution in [2.24, 2.45) is 5.92 Å². The maximum atomic E-state index is 3.51. The van der Waals surface area contributed by atoms with Gasteiger partial charge >= 0.3 is 0 Å². The largest absolute Gasteiger partial charge is 0.312 e. The topological polar surface area (TPSA) is 15.3 Å². The summed E-state index contributed by atoms with van der Waals surface area (Å²) in [6, 6.07) is 8.15. The predicted octanol–water partition coefficient (Wildman–Crippen LogP) is 3.68. The lowest BCUT2D eigenvalue weighted by atomic mass is 10.0. The summed E-state index contributed by atoms with van der Waals surface area (Å²) in [6.45, 7) is 11.4. The van der Waals surface area contributed by atoms with E-state index in [1.165, 1.54) is 36.1 Å². The second-order valence-electron chi connectivity index (χ2n) is 6.76. The summed E-state index contributed by atoms with van der Waals surface area (Å²) >= 11 is 0. The van der Waals surface area contributed by atoms with Crippen LogP contribution in [-0.4, -0.2) is 31.1 Å². The van der Waals surface area contributed by atoms with Crippen LogP contribution in [-0.2, 0) is 0 Å². The maximum Gasteiger partial charge on any atom is 0.0447 e. The van der Waals surface area contributed by atoms with Crippen molar-refractivity contribution in [3.63, 3.8) is 0 Å². The molecule has 0 aromatic heterocycles. The Morgan fingerprint density at radius 3 is 2.35 bits per heavy atom. The second kappa shape index (κ2) is 6.73. The van der Waals surface area contributed by atoms with Gasteiger partial charge in [-0.15, -0.1) is 0 Å². The SMILES string of the molecule is CNC(CN(CC(C)C)C1CC1)c1ccc(C)c(C)c1. The van der Waals surface area contributed by atoms with Gasteiger partial charge < -0.3 is 5.32 Å². The predicted molar refractivity (Wildman–Crippen MR) is 87.1 cm³/mol. The van der Waals surface area contributed by atoms with Crippen LogP contribution in [0.25, 0.3) is 0 Å². The number of benzene rings is 1. The highest BCUT2D eigenvalue weighted by molar-refractivity contribution is 5.32. The number of hydrogen-bond donors (Lipinski definition) is 1.